The molecule has 0 aromatic carbocycles. The Labute approximate surface area is 157 Å². The number of rotatable bonds is 4. The van der Waals surface area contributed by atoms with Gasteiger partial charge in [0.05, 0.1) is 31.0 Å². The number of esters is 2. The SMILES string of the molecule is COC(=O)C1=C(C(=O)OC)[C@H]2CCC[C@]23C[C@]3(O[Si](C)(C)C(C)(C)C)C1. The molecule has 6 heteroatoms. The van der Waals surface area contributed by atoms with Crippen molar-refractivity contribution < 1.29 is 23.5 Å². The lowest BCUT2D eigenvalue weighted by Gasteiger charge is -2.44. The molecule has 3 atom stereocenters. The van der Waals surface area contributed by atoms with Gasteiger partial charge >= 0.3 is 11.9 Å². The maximum Gasteiger partial charge on any atom is 0.334 e. The molecule has 146 valence electrons. The Bertz CT molecular complexity index is 674. The second-order valence-electron chi connectivity index (χ2n) is 9.69. The first-order valence-corrected chi connectivity index (χ1v) is 12.5. The van der Waals surface area contributed by atoms with Gasteiger partial charge in [-0.05, 0) is 37.4 Å². The lowest BCUT2D eigenvalue weighted by molar-refractivity contribution is -0.141. The number of carbonyl (C=O) groups excluding carboxylic acids is 2. The van der Waals surface area contributed by atoms with Crippen molar-refractivity contribution in [1.82, 2.24) is 0 Å². The Morgan fingerprint density at radius 3 is 2.27 bits per heavy atom. The Morgan fingerprint density at radius 2 is 1.73 bits per heavy atom. The van der Waals surface area contributed by atoms with Crippen LogP contribution in [0, 0.1) is 11.3 Å². The molecular formula is C20H32O5Si. The second-order valence-corrected chi connectivity index (χ2v) is 14.4. The molecule has 5 nitrogen and oxygen atoms in total. The van der Waals surface area contributed by atoms with Gasteiger partial charge in [0.25, 0.3) is 0 Å². The van der Waals surface area contributed by atoms with E-state index in [0.29, 0.717) is 17.6 Å². The zero-order valence-corrected chi connectivity index (χ0v) is 18.2. The molecule has 0 amide bonds. The monoisotopic (exact) mass is 380 g/mol. The van der Waals surface area contributed by atoms with E-state index in [2.05, 4.69) is 33.9 Å². The van der Waals surface area contributed by atoms with Crippen LogP contribution >= 0.6 is 0 Å². The van der Waals surface area contributed by atoms with Gasteiger partial charge in [0.15, 0.2) is 8.32 Å². The summed E-state index contributed by atoms with van der Waals surface area (Å²) in [5.41, 5.74) is 0.684. The standard InChI is InChI=1S/C20H32O5Si/c1-18(2,3)26(6,7)25-20-11-13(16(21)23-4)15(17(22)24-5)14-9-8-10-19(14,20)12-20/h14H,8-12H2,1-7H3/t14-,19+,20-/m1/s1. The highest BCUT2D eigenvalue weighted by molar-refractivity contribution is 6.74. The Morgan fingerprint density at radius 1 is 1.12 bits per heavy atom. The average molecular weight is 381 g/mol. The van der Waals surface area contributed by atoms with Gasteiger partial charge in [-0.3, -0.25) is 0 Å². The van der Waals surface area contributed by atoms with Gasteiger partial charge in [0, 0.05) is 17.8 Å². The van der Waals surface area contributed by atoms with Crippen LogP contribution in [0.25, 0.3) is 0 Å². The molecule has 0 radical (unpaired) electrons. The van der Waals surface area contributed by atoms with Crippen LogP contribution < -0.4 is 0 Å². The van der Waals surface area contributed by atoms with E-state index in [0.717, 1.165) is 25.7 Å². The summed E-state index contributed by atoms with van der Waals surface area (Å²) in [5, 5.41) is 0.0946. The third-order valence-electron chi connectivity index (χ3n) is 7.40. The minimum atomic E-state index is -2.01. The van der Waals surface area contributed by atoms with E-state index in [4.69, 9.17) is 13.9 Å². The fourth-order valence-corrected chi connectivity index (χ4v) is 6.67. The smallest absolute Gasteiger partial charge is 0.334 e. The zero-order valence-electron chi connectivity index (χ0n) is 17.2. The van der Waals surface area contributed by atoms with Crippen LogP contribution in [-0.4, -0.2) is 40.1 Å². The molecule has 26 heavy (non-hydrogen) atoms. The molecule has 0 unspecified atom stereocenters. The highest BCUT2D eigenvalue weighted by Gasteiger charge is 2.77. The molecule has 3 aliphatic rings. The van der Waals surface area contributed by atoms with E-state index in [1.807, 2.05) is 0 Å². The number of methoxy groups -OCH3 is 2. The van der Waals surface area contributed by atoms with Crippen molar-refractivity contribution in [3.05, 3.63) is 11.1 Å². The molecule has 0 bridgehead atoms. The van der Waals surface area contributed by atoms with Crippen molar-refractivity contribution in [3.63, 3.8) is 0 Å². The quantitative estimate of drug-likeness (QED) is 0.545. The van der Waals surface area contributed by atoms with E-state index in [1.165, 1.54) is 14.2 Å². The van der Waals surface area contributed by atoms with Crippen molar-refractivity contribution in [2.24, 2.45) is 11.3 Å². The van der Waals surface area contributed by atoms with Crippen molar-refractivity contribution in [1.29, 1.82) is 0 Å². The molecular weight excluding hydrogens is 348 g/mol. The first kappa shape index (κ1) is 19.6. The first-order chi connectivity index (χ1) is 11.9. The lowest BCUT2D eigenvalue weighted by atomic mass is 9.74. The van der Waals surface area contributed by atoms with Crippen LogP contribution in [0.1, 0.15) is 52.9 Å². The van der Waals surface area contributed by atoms with Gasteiger partial charge in [-0.2, -0.15) is 0 Å². The number of hydrogen-bond donors (Lipinski definition) is 0. The molecule has 0 heterocycles. The summed E-state index contributed by atoms with van der Waals surface area (Å²) in [7, 11) is 0.741. The largest absolute Gasteiger partial charge is 0.466 e. The fraction of sp³-hybridized carbons (Fsp3) is 0.800. The summed E-state index contributed by atoms with van der Waals surface area (Å²) < 4.78 is 17.0. The van der Waals surface area contributed by atoms with E-state index in [9.17, 15) is 9.59 Å². The molecule has 0 N–H and O–H groups in total. The molecule has 3 rings (SSSR count). The maximum absolute atomic E-state index is 12.5. The van der Waals surface area contributed by atoms with E-state index in [1.54, 1.807) is 0 Å². The lowest BCUT2D eigenvalue weighted by Crippen LogP contribution is -2.49. The number of carbonyl (C=O) groups is 2. The average Bonchev–Trinajstić information content (AvgIpc) is 2.96. The number of hydrogen-bond acceptors (Lipinski definition) is 5. The van der Waals surface area contributed by atoms with Gasteiger partial charge in [0.1, 0.15) is 0 Å². The summed E-state index contributed by atoms with van der Waals surface area (Å²) in [6.07, 6.45) is 4.42. The molecule has 0 aliphatic heterocycles. The van der Waals surface area contributed by atoms with Crippen LogP contribution in [0.4, 0.5) is 0 Å². The third kappa shape index (κ3) is 2.60. The van der Waals surface area contributed by atoms with E-state index in [-0.39, 0.29) is 27.9 Å². The number of ether oxygens (including phenoxy) is 2. The summed E-state index contributed by atoms with van der Waals surface area (Å²) >= 11 is 0. The molecule has 1 spiro atoms. The summed E-state index contributed by atoms with van der Waals surface area (Å²) in [6, 6.07) is 0. The van der Waals surface area contributed by atoms with Gasteiger partial charge in [-0.15, -0.1) is 0 Å². The minimum Gasteiger partial charge on any atom is -0.466 e. The Hall–Kier alpha value is -1.14. The van der Waals surface area contributed by atoms with Gasteiger partial charge < -0.3 is 13.9 Å². The van der Waals surface area contributed by atoms with Crippen LogP contribution in [-0.2, 0) is 23.5 Å². The summed E-state index contributed by atoms with van der Waals surface area (Å²) in [4.78, 5) is 25.1. The Kier molecular flexibility index (Phi) is 4.47. The van der Waals surface area contributed by atoms with Gasteiger partial charge in [-0.1, -0.05) is 27.2 Å². The summed E-state index contributed by atoms with van der Waals surface area (Å²) in [6.45, 7) is 11.2. The highest BCUT2D eigenvalue weighted by atomic mass is 28.4. The molecule has 0 aromatic rings. The molecule has 3 aliphatic carbocycles. The van der Waals surface area contributed by atoms with Crippen LogP contribution in [0.2, 0.25) is 18.1 Å². The van der Waals surface area contributed by atoms with Gasteiger partial charge in [0.2, 0.25) is 0 Å². The van der Waals surface area contributed by atoms with Crippen molar-refractivity contribution >= 4 is 20.3 Å². The van der Waals surface area contributed by atoms with E-state index >= 15 is 0 Å². The van der Waals surface area contributed by atoms with Crippen LogP contribution in [0.15, 0.2) is 11.1 Å². The Balaban J connectivity index is 2.06. The predicted molar refractivity (Wildman–Crippen MR) is 101 cm³/mol. The summed E-state index contributed by atoms with van der Waals surface area (Å²) in [5.74, 6) is -0.761. The third-order valence-corrected chi connectivity index (χ3v) is 11.9. The van der Waals surface area contributed by atoms with Crippen LogP contribution in [0.3, 0.4) is 0 Å². The normalized spacial score (nSPS) is 33.4. The van der Waals surface area contributed by atoms with Crippen molar-refractivity contribution in [3.8, 4) is 0 Å². The molecule has 0 saturated heterocycles. The van der Waals surface area contributed by atoms with Crippen LogP contribution in [0.5, 0.6) is 0 Å². The fourth-order valence-electron chi connectivity index (χ4n) is 5.04. The molecule has 2 fully saturated rings. The molecule has 0 aromatic heterocycles. The molecule has 2 saturated carbocycles. The highest BCUT2D eigenvalue weighted by Crippen LogP contribution is 2.76. The van der Waals surface area contributed by atoms with Crippen molar-refractivity contribution in [2.45, 2.75) is 76.6 Å². The van der Waals surface area contributed by atoms with E-state index < -0.39 is 14.3 Å². The zero-order chi connectivity index (χ0) is 19.5. The maximum atomic E-state index is 12.5. The first-order valence-electron chi connectivity index (χ1n) is 9.54. The second kappa shape index (κ2) is 5.93. The van der Waals surface area contributed by atoms with Crippen molar-refractivity contribution in [2.75, 3.05) is 14.2 Å². The topological polar surface area (TPSA) is 61.8 Å². The minimum absolute atomic E-state index is 0.0104. The predicted octanol–water partition coefficient (Wildman–Crippen LogP) is 3.98. The van der Waals surface area contributed by atoms with Gasteiger partial charge in [-0.25, -0.2) is 9.59 Å².